The second-order valence-corrected chi connectivity index (χ2v) is 10.3. The number of carbonyl (C=O) groups excluding carboxylic acids is 1. The first-order chi connectivity index (χ1) is 15.6. The molecule has 0 bridgehead atoms. The van der Waals surface area contributed by atoms with Crippen molar-refractivity contribution in [3.8, 4) is 0 Å². The van der Waals surface area contributed by atoms with Crippen molar-refractivity contribution in [3.63, 3.8) is 0 Å². The van der Waals surface area contributed by atoms with Crippen molar-refractivity contribution in [1.82, 2.24) is 4.90 Å². The third-order valence-corrected chi connectivity index (χ3v) is 6.82. The number of rotatable bonds is 7. The Balaban J connectivity index is 0.000000405. The predicted molar refractivity (Wildman–Crippen MR) is 130 cm³/mol. The Hall–Kier alpha value is -1.96. The van der Waals surface area contributed by atoms with Crippen LogP contribution in [0.25, 0.3) is 0 Å². The molecule has 0 spiro atoms. The van der Waals surface area contributed by atoms with E-state index in [0.29, 0.717) is 35.1 Å². The maximum absolute atomic E-state index is 13.0. The molecule has 0 saturated carbocycles. The highest BCUT2D eigenvalue weighted by Crippen LogP contribution is 2.38. The molecule has 1 heterocycles. The van der Waals surface area contributed by atoms with Gasteiger partial charge in [-0.05, 0) is 55.2 Å². The van der Waals surface area contributed by atoms with E-state index in [0.717, 1.165) is 5.56 Å². The highest BCUT2D eigenvalue weighted by molar-refractivity contribution is 7.84. The van der Waals surface area contributed by atoms with Crippen molar-refractivity contribution >= 4 is 45.9 Å². The van der Waals surface area contributed by atoms with Crippen LogP contribution >= 0.6 is 23.2 Å². The van der Waals surface area contributed by atoms with Gasteiger partial charge >= 0.3 is 5.97 Å². The van der Waals surface area contributed by atoms with Crippen LogP contribution in [-0.2, 0) is 20.4 Å². The summed E-state index contributed by atoms with van der Waals surface area (Å²) >= 11 is 11.4. The first-order valence-corrected chi connectivity index (χ1v) is 13.1. The maximum atomic E-state index is 13.0. The summed E-state index contributed by atoms with van der Waals surface area (Å²) in [7, 11) is -1.04. The number of benzene rings is 2. The molecule has 3 rings (SSSR count). The van der Waals surface area contributed by atoms with E-state index in [1.54, 1.807) is 35.4 Å². The lowest BCUT2D eigenvalue weighted by Gasteiger charge is -2.43. The number of halogens is 3. The zero-order valence-corrected chi connectivity index (χ0v) is 20.9. The molecule has 4 unspecified atom stereocenters. The molecule has 4 atom stereocenters. The molecular formula is C24H28Cl2FNO4S. The van der Waals surface area contributed by atoms with Crippen LogP contribution in [0.3, 0.4) is 0 Å². The third-order valence-electron chi connectivity index (χ3n) is 5.48. The van der Waals surface area contributed by atoms with Gasteiger partial charge in [-0.2, -0.15) is 0 Å². The van der Waals surface area contributed by atoms with Crippen LogP contribution < -0.4 is 0 Å². The van der Waals surface area contributed by atoms with E-state index in [1.165, 1.54) is 12.1 Å². The van der Waals surface area contributed by atoms with Gasteiger partial charge in [0.25, 0.3) is 0 Å². The number of carboxylic acids is 1. The van der Waals surface area contributed by atoms with Gasteiger partial charge in [0.1, 0.15) is 5.82 Å². The summed E-state index contributed by atoms with van der Waals surface area (Å²) < 4.78 is 23.9. The number of carboxylic acid groups (broad SMARTS) is 1. The van der Waals surface area contributed by atoms with E-state index in [9.17, 15) is 18.2 Å². The number of nitrogens with zero attached hydrogens (tertiary/aromatic N) is 1. The second kappa shape index (κ2) is 13.1. The van der Waals surface area contributed by atoms with E-state index in [2.05, 4.69) is 0 Å². The van der Waals surface area contributed by atoms with Crippen molar-refractivity contribution in [2.75, 3.05) is 12.0 Å². The minimum atomic E-state index is -1.04. The number of piperidine rings is 1. The highest BCUT2D eigenvalue weighted by Gasteiger charge is 2.40. The van der Waals surface area contributed by atoms with Crippen LogP contribution in [0.5, 0.6) is 0 Å². The minimum absolute atomic E-state index is 0.136. The van der Waals surface area contributed by atoms with Gasteiger partial charge in [-0.3, -0.25) is 13.8 Å². The molecule has 5 nitrogen and oxygen atoms in total. The van der Waals surface area contributed by atoms with Gasteiger partial charge in [-0.15, -0.1) is 0 Å². The lowest BCUT2D eigenvalue weighted by Crippen LogP contribution is -2.51. The fourth-order valence-corrected chi connectivity index (χ4v) is 5.20. The van der Waals surface area contributed by atoms with Crippen molar-refractivity contribution in [3.05, 3.63) is 70.0 Å². The molecule has 33 heavy (non-hydrogen) atoms. The summed E-state index contributed by atoms with van der Waals surface area (Å²) in [6, 6.07) is 12.9. The molecule has 0 aromatic heterocycles. The topological polar surface area (TPSA) is 74.7 Å². The normalized spacial score (nSPS) is 19.9. The summed E-state index contributed by atoms with van der Waals surface area (Å²) in [6.07, 6.45) is 3.38. The zero-order valence-electron chi connectivity index (χ0n) is 18.5. The van der Waals surface area contributed by atoms with E-state index in [4.69, 9.17) is 28.3 Å². The van der Waals surface area contributed by atoms with Crippen molar-refractivity contribution in [2.45, 2.75) is 44.7 Å². The van der Waals surface area contributed by atoms with E-state index >= 15 is 0 Å². The molecular weight excluding hydrogens is 488 g/mol. The molecule has 0 aliphatic carbocycles. The first kappa shape index (κ1) is 27.3. The first-order valence-electron chi connectivity index (χ1n) is 10.6. The van der Waals surface area contributed by atoms with Gasteiger partial charge in [-0.1, -0.05) is 48.3 Å². The third kappa shape index (κ3) is 8.40. The van der Waals surface area contributed by atoms with Crippen molar-refractivity contribution < 1.29 is 23.3 Å². The average Bonchev–Trinajstić information content (AvgIpc) is 2.74. The SMILES string of the molecule is CCC(CS(C)=O)N1C(=O)C(CC(=O)O)CCC1c1ccc(Cl)cc1.Fc1cccc(Cl)c1. The standard InChI is InChI=1S/C18H24ClNO4S.C6H4ClF/c1-3-15(11-25(2)24)20-16(12-4-7-14(19)8-5-12)9-6-13(18(20)23)10-17(21)22;7-5-2-1-3-6(8)4-5/h4-5,7-8,13,15-16H,3,6,9-11H2,1-2H3,(H,21,22);1-4H. The summed E-state index contributed by atoms with van der Waals surface area (Å²) in [5.74, 6) is -1.52. The molecule has 2 aromatic carbocycles. The van der Waals surface area contributed by atoms with Gasteiger partial charge in [0.15, 0.2) is 0 Å². The molecule has 2 aromatic rings. The Kier molecular flexibility index (Phi) is 10.8. The van der Waals surface area contributed by atoms with Crippen LogP contribution in [0, 0.1) is 11.7 Å². The Morgan fingerprint density at radius 3 is 2.33 bits per heavy atom. The number of amides is 1. The quantitative estimate of drug-likeness (QED) is 0.510. The summed E-state index contributed by atoms with van der Waals surface area (Å²) in [4.78, 5) is 25.9. The van der Waals surface area contributed by atoms with Gasteiger partial charge in [0, 0.05) is 44.8 Å². The van der Waals surface area contributed by atoms with Crippen molar-refractivity contribution in [1.29, 1.82) is 0 Å². The summed E-state index contributed by atoms with van der Waals surface area (Å²) in [5.41, 5.74) is 0.979. The fourth-order valence-electron chi connectivity index (χ4n) is 3.96. The van der Waals surface area contributed by atoms with Crippen LogP contribution in [0.2, 0.25) is 10.0 Å². The summed E-state index contributed by atoms with van der Waals surface area (Å²) in [6.45, 7) is 1.96. The molecule has 1 aliphatic rings. The van der Waals surface area contributed by atoms with Gasteiger partial charge in [0.2, 0.25) is 5.91 Å². The lowest BCUT2D eigenvalue weighted by molar-refractivity contribution is -0.150. The Bertz CT molecular complexity index is 956. The fraction of sp³-hybridized carbons (Fsp3) is 0.417. The van der Waals surface area contributed by atoms with Crippen LogP contribution in [0.4, 0.5) is 4.39 Å². The number of aliphatic carboxylic acids is 1. The highest BCUT2D eigenvalue weighted by atomic mass is 35.5. The van der Waals surface area contributed by atoms with Crippen LogP contribution in [-0.4, -0.2) is 44.1 Å². The number of hydrogen-bond acceptors (Lipinski definition) is 3. The Labute approximate surface area is 206 Å². The molecule has 1 aliphatic heterocycles. The maximum Gasteiger partial charge on any atom is 0.304 e. The Morgan fingerprint density at radius 1 is 1.18 bits per heavy atom. The number of hydrogen-bond donors (Lipinski definition) is 1. The lowest BCUT2D eigenvalue weighted by atomic mass is 9.85. The molecule has 0 radical (unpaired) electrons. The molecule has 1 N–H and O–H groups in total. The molecule has 180 valence electrons. The minimum Gasteiger partial charge on any atom is -0.481 e. The number of likely N-dealkylation sites (tertiary alicyclic amines) is 1. The molecule has 1 amide bonds. The van der Waals surface area contributed by atoms with Crippen molar-refractivity contribution in [2.24, 2.45) is 5.92 Å². The Morgan fingerprint density at radius 2 is 1.85 bits per heavy atom. The second-order valence-electron chi connectivity index (χ2n) is 7.93. The van der Waals surface area contributed by atoms with Gasteiger partial charge < -0.3 is 10.0 Å². The van der Waals surface area contributed by atoms with Gasteiger partial charge in [0.05, 0.1) is 12.5 Å². The molecule has 1 fully saturated rings. The summed E-state index contributed by atoms with van der Waals surface area (Å²) in [5, 5.41) is 10.2. The molecule has 1 saturated heterocycles. The van der Waals surface area contributed by atoms with E-state index in [1.807, 2.05) is 19.1 Å². The smallest absolute Gasteiger partial charge is 0.304 e. The van der Waals surface area contributed by atoms with Crippen LogP contribution in [0.1, 0.15) is 44.2 Å². The number of carbonyl (C=O) groups is 2. The monoisotopic (exact) mass is 515 g/mol. The average molecular weight is 516 g/mol. The van der Waals surface area contributed by atoms with Gasteiger partial charge in [-0.25, -0.2) is 4.39 Å². The van der Waals surface area contributed by atoms with Crippen LogP contribution in [0.15, 0.2) is 48.5 Å². The molecule has 9 heteroatoms. The van der Waals surface area contributed by atoms with E-state index in [-0.39, 0.29) is 30.2 Å². The van der Waals surface area contributed by atoms with E-state index < -0.39 is 22.7 Å². The predicted octanol–water partition coefficient (Wildman–Crippen LogP) is 5.73. The zero-order chi connectivity index (χ0) is 24.5. The largest absolute Gasteiger partial charge is 0.481 e.